The normalized spacial score (nSPS) is 11.2. The molecular formula is C16H15N5OS. The quantitative estimate of drug-likeness (QED) is 0.570. The maximum Gasteiger partial charge on any atom is 0.244 e. The molecule has 2 aromatic heterocycles. The molecule has 2 N–H and O–H groups in total. The van der Waals surface area contributed by atoms with E-state index in [0.717, 1.165) is 16.3 Å². The van der Waals surface area contributed by atoms with Gasteiger partial charge in [-0.2, -0.15) is 5.10 Å². The van der Waals surface area contributed by atoms with E-state index >= 15 is 0 Å². The Morgan fingerprint density at radius 1 is 1.39 bits per heavy atom. The first-order valence-electron chi connectivity index (χ1n) is 7.04. The van der Waals surface area contributed by atoms with Gasteiger partial charge in [-0.15, -0.1) is 0 Å². The second-order valence-corrected chi connectivity index (χ2v) is 5.39. The molecule has 0 unspecified atom stereocenters. The molecule has 0 bridgehead atoms. The number of hydrogen-bond acceptors (Lipinski definition) is 4. The van der Waals surface area contributed by atoms with Crippen LogP contribution >= 0.6 is 12.2 Å². The van der Waals surface area contributed by atoms with Crippen LogP contribution in [0, 0.1) is 4.77 Å². The summed E-state index contributed by atoms with van der Waals surface area (Å²) in [5, 5.41) is 11.6. The number of pyridine rings is 1. The van der Waals surface area contributed by atoms with E-state index in [1.54, 1.807) is 30.1 Å². The molecule has 6 nitrogen and oxygen atoms in total. The van der Waals surface area contributed by atoms with Gasteiger partial charge in [0.1, 0.15) is 0 Å². The zero-order valence-electron chi connectivity index (χ0n) is 12.5. The fraction of sp³-hybridized carbons (Fsp3) is 0.125. The largest absolute Gasteiger partial charge is 0.345 e. The van der Waals surface area contributed by atoms with E-state index in [2.05, 4.69) is 20.5 Å². The Labute approximate surface area is 137 Å². The van der Waals surface area contributed by atoms with E-state index in [4.69, 9.17) is 12.2 Å². The summed E-state index contributed by atoms with van der Waals surface area (Å²) < 4.78 is 2.24. The Morgan fingerprint density at radius 2 is 2.22 bits per heavy atom. The molecule has 0 atom stereocenters. The average molecular weight is 325 g/mol. The van der Waals surface area contributed by atoms with Crippen LogP contribution in [0.5, 0.6) is 0 Å². The second kappa shape index (κ2) is 6.53. The average Bonchev–Trinajstić information content (AvgIpc) is 2.90. The van der Waals surface area contributed by atoms with Gasteiger partial charge in [0.05, 0.1) is 6.54 Å². The molecule has 0 aliphatic carbocycles. The molecule has 0 radical (unpaired) electrons. The maximum absolute atomic E-state index is 12.0. The molecule has 0 aliphatic heterocycles. The van der Waals surface area contributed by atoms with E-state index in [0.29, 0.717) is 17.1 Å². The number of nitrogens with zero attached hydrogens (tertiary/aromatic N) is 3. The Balaban J connectivity index is 1.70. The Hall–Kier alpha value is -2.80. The lowest BCUT2D eigenvalue weighted by Crippen LogP contribution is -2.22. The van der Waals surface area contributed by atoms with Crippen LogP contribution in [-0.2, 0) is 18.4 Å². The molecule has 116 valence electrons. The Kier molecular flexibility index (Phi) is 4.29. The number of hydrogen-bond donors (Lipinski definition) is 2. The highest BCUT2D eigenvalue weighted by Crippen LogP contribution is 2.17. The van der Waals surface area contributed by atoms with E-state index in [1.807, 2.05) is 24.3 Å². The zero-order valence-corrected chi connectivity index (χ0v) is 13.3. The van der Waals surface area contributed by atoms with Gasteiger partial charge in [0.15, 0.2) is 10.6 Å². The molecule has 0 saturated heterocycles. The van der Waals surface area contributed by atoms with Crippen LogP contribution in [0.1, 0.15) is 11.4 Å². The number of rotatable bonds is 4. The van der Waals surface area contributed by atoms with Crippen molar-refractivity contribution in [1.29, 1.82) is 0 Å². The molecule has 3 rings (SSSR count). The molecule has 3 aromatic rings. The topological polar surface area (TPSA) is 75.6 Å². The molecule has 1 amide bonds. The van der Waals surface area contributed by atoms with Crippen molar-refractivity contribution in [1.82, 2.24) is 25.1 Å². The number of aromatic nitrogens is 4. The molecule has 0 fully saturated rings. The Morgan fingerprint density at radius 3 is 3.00 bits per heavy atom. The van der Waals surface area contributed by atoms with Crippen molar-refractivity contribution in [2.75, 3.05) is 0 Å². The third kappa shape index (κ3) is 3.35. The van der Waals surface area contributed by atoms with E-state index < -0.39 is 0 Å². The minimum Gasteiger partial charge on any atom is -0.345 e. The predicted octanol–water partition coefficient (Wildman–Crippen LogP) is 2.36. The van der Waals surface area contributed by atoms with Crippen molar-refractivity contribution in [3.63, 3.8) is 0 Å². The van der Waals surface area contributed by atoms with Crippen LogP contribution in [0.3, 0.4) is 0 Å². The number of nitrogens with one attached hydrogen (secondary N) is 2. The van der Waals surface area contributed by atoms with Gasteiger partial charge in [0, 0.05) is 36.5 Å². The zero-order chi connectivity index (χ0) is 16.2. The van der Waals surface area contributed by atoms with Crippen molar-refractivity contribution >= 4 is 35.0 Å². The summed E-state index contributed by atoms with van der Waals surface area (Å²) in [7, 11) is 1.80. The molecule has 1 aromatic carbocycles. The van der Waals surface area contributed by atoms with Crippen LogP contribution in [0.2, 0.25) is 0 Å². The summed E-state index contributed by atoms with van der Waals surface area (Å²) >= 11 is 5.03. The number of carbonyl (C=O) groups excluding carboxylic acids is 1. The first kappa shape index (κ1) is 15.1. The number of benzene rings is 1. The summed E-state index contributed by atoms with van der Waals surface area (Å²) in [6.07, 6.45) is 6.79. The van der Waals surface area contributed by atoms with Gasteiger partial charge < -0.3 is 9.88 Å². The van der Waals surface area contributed by atoms with Gasteiger partial charge in [-0.3, -0.25) is 14.9 Å². The highest BCUT2D eigenvalue weighted by Gasteiger charge is 2.04. The number of fused-ring (bicyclic) bond motifs is 1. The van der Waals surface area contributed by atoms with Crippen LogP contribution in [0.25, 0.3) is 16.8 Å². The second-order valence-electron chi connectivity index (χ2n) is 5.01. The molecule has 0 aliphatic rings. The molecule has 23 heavy (non-hydrogen) atoms. The predicted molar refractivity (Wildman–Crippen MR) is 91.0 cm³/mol. The summed E-state index contributed by atoms with van der Waals surface area (Å²) in [5.74, 6) is 0.468. The van der Waals surface area contributed by atoms with E-state index in [9.17, 15) is 4.79 Å². The van der Waals surface area contributed by atoms with Crippen LogP contribution in [-0.4, -0.2) is 25.7 Å². The van der Waals surface area contributed by atoms with Crippen molar-refractivity contribution in [3.05, 3.63) is 58.9 Å². The summed E-state index contributed by atoms with van der Waals surface area (Å²) in [5.41, 5.74) is 0.899. The third-order valence-corrected chi connectivity index (χ3v) is 3.87. The smallest absolute Gasteiger partial charge is 0.244 e. The number of aromatic amines is 1. The number of amides is 1. The van der Waals surface area contributed by atoms with Crippen LogP contribution in [0.4, 0.5) is 0 Å². The molecule has 7 heteroatoms. The first-order chi connectivity index (χ1) is 11.1. The number of H-pyrrole nitrogens is 1. The van der Waals surface area contributed by atoms with E-state index in [1.165, 1.54) is 6.08 Å². The molecule has 0 spiro atoms. The molecular weight excluding hydrogens is 310 g/mol. The summed E-state index contributed by atoms with van der Waals surface area (Å²) in [6.45, 7) is 0.306. The van der Waals surface area contributed by atoms with Gasteiger partial charge >= 0.3 is 0 Å². The highest BCUT2D eigenvalue weighted by atomic mass is 32.1. The van der Waals surface area contributed by atoms with Crippen molar-refractivity contribution < 1.29 is 4.79 Å². The number of carbonyl (C=O) groups is 1. The fourth-order valence-electron chi connectivity index (χ4n) is 2.20. The minimum absolute atomic E-state index is 0.202. The van der Waals surface area contributed by atoms with Crippen LogP contribution < -0.4 is 5.32 Å². The SMILES string of the molecule is Cn1c(CNC(=O)C=Cc2cncc3ccccc23)n[nH]c1=S. The van der Waals surface area contributed by atoms with Gasteiger partial charge in [-0.25, -0.2) is 0 Å². The standard InChI is InChI=1S/C16H15N5OS/c1-21-14(19-20-16(21)23)10-18-15(22)7-6-12-9-17-8-11-4-2-3-5-13(11)12/h2-9H,10H2,1H3,(H,18,22)(H,20,23). The first-order valence-corrected chi connectivity index (χ1v) is 7.45. The van der Waals surface area contributed by atoms with E-state index in [-0.39, 0.29) is 5.91 Å². The Bertz CT molecular complexity index is 936. The van der Waals surface area contributed by atoms with Crippen molar-refractivity contribution in [3.8, 4) is 0 Å². The van der Waals surface area contributed by atoms with Gasteiger partial charge in [0.25, 0.3) is 0 Å². The van der Waals surface area contributed by atoms with Gasteiger partial charge in [0.2, 0.25) is 5.91 Å². The lowest BCUT2D eigenvalue weighted by Gasteiger charge is -2.02. The third-order valence-electron chi connectivity index (χ3n) is 3.51. The monoisotopic (exact) mass is 325 g/mol. The van der Waals surface area contributed by atoms with Crippen LogP contribution in [0.15, 0.2) is 42.7 Å². The van der Waals surface area contributed by atoms with Gasteiger partial charge in [-0.1, -0.05) is 24.3 Å². The molecule has 2 heterocycles. The fourth-order valence-corrected chi connectivity index (χ4v) is 2.35. The lowest BCUT2D eigenvalue weighted by atomic mass is 10.1. The maximum atomic E-state index is 12.0. The molecule has 0 saturated carbocycles. The highest BCUT2D eigenvalue weighted by molar-refractivity contribution is 7.71. The summed E-state index contributed by atoms with van der Waals surface area (Å²) in [4.78, 5) is 16.1. The lowest BCUT2D eigenvalue weighted by molar-refractivity contribution is -0.116. The van der Waals surface area contributed by atoms with Crippen molar-refractivity contribution in [2.24, 2.45) is 7.05 Å². The summed E-state index contributed by atoms with van der Waals surface area (Å²) in [6, 6.07) is 7.92. The van der Waals surface area contributed by atoms with Crippen molar-refractivity contribution in [2.45, 2.75) is 6.54 Å². The van der Waals surface area contributed by atoms with Gasteiger partial charge in [-0.05, 0) is 23.7 Å². The minimum atomic E-state index is -0.202.